The molecule has 0 amide bonds. The van der Waals surface area contributed by atoms with Gasteiger partial charge in [0, 0.05) is 31.0 Å². The van der Waals surface area contributed by atoms with Crippen LogP contribution in [0.1, 0.15) is 0 Å². The normalized spacial score (nSPS) is 9.53. The fourth-order valence-electron chi connectivity index (χ4n) is 3.35. The molecule has 0 spiro atoms. The molecule has 7 nitrogen and oxygen atoms in total. The number of aromatic nitrogens is 5. The van der Waals surface area contributed by atoms with Gasteiger partial charge in [-0.15, -0.1) is 35.9 Å². The van der Waals surface area contributed by atoms with E-state index in [0.717, 1.165) is 39.8 Å². The molecular weight excluding hydrogens is 675 g/mol. The molecule has 0 aliphatic heterocycles. The minimum atomic E-state index is 0. The summed E-state index contributed by atoms with van der Waals surface area (Å²) in [6.45, 7) is 0.169. The van der Waals surface area contributed by atoms with Crippen molar-refractivity contribution in [3.8, 4) is 39.8 Å². The molecule has 6 rings (SSSR count). The van der Waals surface area contributed by atoms with Crippen LogP contribution >= 0.6 is 0 Å². The summed E-state index contributed by atoms with van der Waals surface area (Å²) in [6.07, 6.45) is 8.77. The number of hydrogen-bond acceptors (Lipinski definition) is 7. The van der Waals surface area contributed by atoms with Crippen LogP contribution in [-0.4, -0.2) is 31.7 Å². The summed E-state index contributed by atoms with van der Waals surface area (Å²) in [5.74, 6) is 0.722. The zero-order valence-corrected chi connectivity index (χ0v) is 24.1. The third kappa shape index (κ3) is 9.59. The Bertz CT molecular complexity index is 1340. The molecule has 0 bridgehead atoms. The molecule has 199 valence electrons. The minimum absolute atomic E-state index is 0. The quantitative estimate of drug-likeness (QED) is 0.171. The molecule has 5 aromatic heterocycles. The standard InChI is InChI=1S/C12H11N2O.2C10H8N2.Os/c13-9-15-11-6-7-14-12(8-11)10-4-2-1-3-5-10;2*1-3-7-11-9(5-1)10-6-2-4-8-12-10;/h1-4,6-8H,9,13H2;2*1-8H;/q-1;;;+1. The average molecular weight is 702 g/mol. The fraction of sp³-hybridized carbons (Fsp3) is 0.0312. The van der Waals surface area contributed by atoms with Gasteiger partial charge in [0.05, 0.1) is 22.8 Å². The van der Waals surface area contributed by atoms with Crippen molar-refractivity contribution in [1.29, 1.82) is 0 Å². The molecule has 0 saturated heterocycles. The van der Waals surface area contributed by atoms with Gasteiger partial charge in [-0.1, -0.05) is 24.3 Å². The predicted octanol–water partition coefficient (Wildman–Crippen LogP) is 6.13. The van der Waals surface area contributed by atoms with Crippen LogP contribution in [0.2, 0.25) is 0 Å². The number of pyridine rings is 5. The zero-order chi connectivity index (χ0) is 27.0. The van der Waals surface area contributed by atoms with Gasteiger partial charge in [-0.25, -0.2) is 0 Å². The van der Waals surface area contributed by atoms with Crippen LogP contribution in [0.4, 0.5) is 0 Å². The number of hydrogen-bond donors (Lipinski definition) is 1. The molecule has 6 aromatic rings. The van der Waals surface area contributed by atoms with Gasteiger partial charge in [-0.05, 0) is 66.4 Å². The van der Waals surface area contributed by atoms with Crippen molar-refractivity contribution >= 4 is 0 Å². The second kappa shape index (κ2) is 17.1. The van der Waals surface area contributed by atoms with E-state index in [1.54, 1.807) is 37.1 Å². The first-order valence-corrected chi connectivity index (χ1v) is 12.2. The van der Waals surface area contributed by atoms with Crippen molar-refractivity contribution in [2.24, 2.45) is 5.73 Å². The van der Waals surface area contributed by atoms with Crippen LogP contribution in [0.15, 0.2) is 140 Å². The second-order valence-electron chi connectivity index (χ2n) is 7.82. The smallest absolute Gasteiger partial charge is 0.479 e. The SMILES string of the molecule is NCOc1ccnc(-c2[c-]cccc2)c1.[Os+].c1ccc(-c2ccccn2)nc1.c1ccc(-c2ccccn2)nc1. The van der Waals surface area contributed by atoms with E-state index < -0.39 is 0 Å². The summed E-state index contributed by atoms with van der Waals surface area (Å²) >= 11 is 0. The predicted molar refractivity (Wildman–Crippen MR) is 153 cm³/mol. The van der Waals surface area contributed by atoms with Gasteiger partial charge >= 0.3 is 19.8 Å². The van der Waals surface area contributed by atoms with Crippen LogP contribution in [0.25, 0.3) is 34.0 Å². The summed E-state index contributed by atoms with van der Waals surface area (Å²) in [6, 6.07) is 37.6. The van der Waals surface area contributed by atoms with Crippen molar-refractivity contribution in [3.63, 3.8) is 0 Å². The van der Waals surface area contributed by atoms with Gasteiger partial charge in [0.1, 0.15) is 12.5 Å². The maximum absolute atomic E-state index is 5.30. The van der Waals surface area contributed by atoms with E-state index >= 15 is 0 Å². The third-order valence-electron chi connectivity index (χ3n) is 5.15. The van der Waals surface area contributed by atoms with Crippen LogP contribution in [-0.2, 0) is 19.8 Å². The Morgan fingerprint density at radius 2 is 0.975 bits per heavy atom. The Labute approximate surface area is 247 Å². The minimum Gasteiger partial charge on any atom is -0.479 e. The molecule has 5 heterocycles. The van der Waals surface area contributed by atoms with Crippen LogP contribution in [0.5, 0.6) is 5.75 Å². The van der Waals surface area contributed by atoms with Gasteiger partial charge in [0.25, 0.3) is 0 Å². The van der Waals surface area contributed by atoms with E-state index in [0.29, 0.717) is 0 Å². The number of ether oxygens (including phenoxy) is 1. The first-order valence-electron chi connectivity index (χ1n) is 12.2. The molecule has 1 radical (unpaired) electrons. The largest absolute Gasteiger partial charge is 1.00 e. The van der Waals surface area contributed by atoms with Gasteiger partial charge in [-0.2, -0.15) is 0 Å². The molecule has 0 atom stereocenters. The van der Waals surface area contributed by atoms with Crippen molar-refractivity contribution in [1.82, 2.24) is 24.9 Å². The Morgan fingerprint density at radius 3 is 1.35 bits per heavy atom. The third-order valence-corrected chi connectivity index (χ3v) is 5.15. The number of rotatable bonds is 5. The molecule has 0 fully saturated rings. The van der Waals surface area contributed by atoms with E-state index in [2.05, 4.69) is 31.0 Å². The Morgan fingerprint density at radius 1 is 0.525 bits per heavy atom. The van der Waals surface area contributed by atoms with Crippen molar-refractivity contribution < 1.29 is 24.5 Å². The molecule has 2 N–H and O–H groups in total. The summed E-state index contributed by atoms with van der Waals surface area (Å²) < 4.78 is 5.19. The van der Waals surface area contributed by atoms with E-state index in [1.807, 2.05) is 103 Å². The Kier molecular flexibility index (Phi) is 12.8. The van der Waals surface area contributed by atoms with E-state index in [9.17, 15) is 0 Å². The van der Waals surface area contributed by atoms with E-state index in [-0.39, 0.29) is 26.5 Å². The summed E-state index contributed by atoms with van der Waals surface area (Å²) in [5, 5.41) is 0. The van der Waals surface area contributed by atoms with Crippen molar-refractivity contribution in [2.75, 3.05) is 6.73 Å². The first kappa shape index (κ1) is 29.9. The van der Waals surface area contributed by atoms with Crippen molar-refractivity contribution in [2.45, 2.75) is 0 Å². The second-order valence-corrected chi connectivity index (χ2v) is 7.82. The molecule has 0 aliphatic rings. The van der Waals surface area contributed by atoms with Gasteiger partial charge in [0.15, 0.2) is 0 Å². The molecule has 0 unspecified atom stereocenters. The molecular formula is C32H27N6OOs. The van der Waals surface area contributed by atoms with Crippen LogP contribution in [0, 0.1) is 6.07 Å². The summed E-state index contributed by atoms with van der Waals surface area (Å²) in [5.41, 5.74) is 10.7. The van der Waals surface area contributed by atoms with Crippen LogP contribution < -0.4 is 10.5 Å². The number of nitrogens with two attached hydrogens (primary N) is 1. The van der Waals surface area contributed by atoms with Gasteiger partial charge in [-0.3, -0.25) is 25.7 Å². The zero-order valence-electron chi connectivity index (χ0n) is 21.6. The van der Waals surface area contributed by atoms with Gasteiger partial charge in [0.2, 0.25) is 0 Å². The van der Waals surface area contributed by atoms with Crippen molar-refractivity contribution in [3.05, 3.63) is 146 Å². The number of nitrogens with zero attached hydrogens (tertiary/aromatic N) is 5. The first-order chi connectivity index (χ1) is 19.3. The van der Waals surface area contributed by atoms with E-state index in [4.69, 9.17) is 10.5 Å². The molecule has 0 aliphatic carbocycles. The monoisotopic (exact) mass is 703 g/mol. The fourth-order valence-corrected chi connectivity index (χ4v) is 3.35. The Hall–Kier alpha value is -4.63. The van der Waals surface area contributed by atoms with Gasteiger partial charge < -0.3 is 9.72 Å². The van der Waals surface area contributed by atoms with E-state index in [1.165, 1.54) is 0 Å². The van der Waals surface area contributed by atoms with Crippen LogP contribution in [0.3, 0.4) is 0 Å². The Balaban J connectivity index is 0.000000165. The summed E-state index contributed by atoms with van der Waals surface area (Å²) in [7, 11) is 0. The molecule has 1 aromatic carbocycles. The maximum atomic E-state index is 5.30. The molecule has 8 heteroatoms. The summed E-state index contributed by atoms with van der Waals surface area (Å²) in [4.78, 5) is 21.0. The number of benzene rings is 1. The maximum Gasteiger partial charge on any atom is 1.00 e. The topological polar surface area (TPSA) is 99.7 Å². The molecule has 0 saturated carbocycles. The average Bonchev–Trinajstić information content (AvgIpc) is 3.04. The molecule has 40 heavy (non-hydrogen) atoms.